The molecule has 4 atom stereocenters. The minimum absolute atomic E-state index is 0.0872. The molecule has 1 aliphatic heterocycles. The van der Waals surface area contributed by atoms with E-state index in [1.54, 1.807) is 20.8 Å². The first-order valence-corrected chi connectivity index (χ1v) is 5.05. The fourth-order valence-corrected chi connectivity index (χ4v) is 1.94. The molecule has 1 rings (SSSR count). The second-order valence-corrected chi connectivity index (χ2v) is 5.11. The van der Waals surface area contributed by atoms with Gasteiger partial charge < -0.3 is 25.2 Å². The molecule has 0 spiro atoms. The van der Waals surface area contributed by atoms with Gasteiger partial charge in [-0.3, -0.25) is 0 Å². The number of hydrogen-bond acceptors (Lipinski definition) is 5. The molecule has 1 saturated heterocycles. The van der Waals surface area contributed by atoms with E-state index in [0.29, 0.717) is 0 Å². The molecule has 0 aromatic heterocycles. The minimum atomic E-state index is -1.30. The summed E-state index contributed by atoms with van der Waals surface area (Å²) in [7, 11) is 0. The fourth-order valence-electron chi connectivity index (χ4n) is 1.94. The molecule has 1 heterocycles. The Kier molecular flexibility index (Phi) is 3.42. The van der Waals surface area contributed by atoms with Gasteiger partial charge in [0.05, 0.1) is 13.2 Å². The van der Waals surface area contributed by atoms with Gasteiger partial charge in [-0.1, -0.05) is 20.8 Å². The number of aliphatic hydroxyl groups excluding tert-OH is 4. The molecule has 15 heavy (non-hydrogen) atoms. The Morgan fingerprint density at radius 1 is 1.27 bits per heavy atom. The average Bonchev–Trinajstić information content (AvgIpc) is 2.13. The maximum atomic E-state index is 9.90. The smallest absolute Gasteiger partial charge is 0.124 e. The second kappa shape index (κ2) is 3.99. The third kappa shape index (κ3) is 1.90. The van der Waals surface area contributed by atoms with Gasteiger partial charge in [0.25, 0.3) is 0 Å². The lowest BCUT2D eigenvalue weighted by Gasteiger charge is -2.51. The van der Waals surface area contributed by atoms with Gasteiger partial charge in [0, 0.05) is 0 Å². The van der Waals surface area contributed by atoms with Crippen molar-refractivity contribution < 1.29 is 25.2 Å². The van der Waals surface area contributed by atoms with E-state index >= 15 is 0 Å². The summed E-state index contributed by atoms with van der Waals surface area (Å²) in [4.78, 5) is 0. The largest absolute Gasteiger partial charge is 0.393 e. The van der Waals surface area contributed by atoms with Gasteiger partial charge in [-0.25, -0.2) is 0 Å². The van der Waals surface area contributed by atoms with Crippen LogP contribution in [-0.4, -0.2) is 57.6 Å². The number of hydrogen-bond donors (Lipinski definition) is 4. The van der Waals surface area contributed by atoms with E-state index in [-0.39, 0.29) is 6.61 Å². The first kappa shape index (κ1) is 12.9. The van der Waals surface area contributed by atoms with Crippen molar-refractivity contribution in [2.45, 2.75) is 44.7 Å². The summed E-state index contributed by atoms with van der Waals surface area (Å²) in [6.07, 6.45) is -3.70. The average molecular weight is 220 g/mol. The molecule has 4 N–H and O–H groups in total. The van der Waals surface area contributed by atoms with Crippen LogP contribution in [0.15, 0.2) is 0 Å². The Balaban J connectivity index is 3.01. The topological polar surface area (TPSA) is 90.2 Å². The Bertz CT molecular complexity index is 224. The van der Waals surface area contributed by atoms with Gasteiger partial charge in [-0.2, -0.15) is 0 Å². The standard InChI is InChI=1S/C10H20O5/c1-9(2,3)10(5-11)8(14)7(13)6(12)4-15-10/h6-8,11-14H,4-5H2,1-3H3/t6-,7+,8?,10-/m1/s1. The molecule has 0 bridgehead atoms. The molecule has 0 aromatic rings. The number of rotatable bonds is 1. The van der Waals surface area contributed by atoms with Gasteiger partial charge in [0.15, 0.2) is 0 Å². The third-order valence-corrected chi connectivity index (χ3v) is 3.21. The molecule has 0 aromatic carbocycles. The monoisotopic (exact) mass is 220 g/mol. The Labute approximate surface area is 89.3 Å². The van der Waals surface area contributed by atoms with Crippen LogP contribution in [0.2, 0.25) is 0 Å². The summed E-state index contributed by atoms with van der Waals surface area (Å²) in [5, 5.41) is 38.2. The van der Waals surface area contributed by atoms with E-state index in [1.807, 2.05) is 0 Å². The first-order chi connectivity index (χ1) is 6.76. The van der Waals surface area contributed by atoms with Crippen molar-refractivity contribution in [1.82, 2.24) is 0 Å². The van der Waals surface area contributed by atoms with Crippen molar-refractivity contribution in [1.29, 1.82) is 0 Å². The van der Waals surface area contributed by atoms with E-state index < -0.39 is 35.9 Å². The van der Waals surface area contributed by atoms with Gasteiger partial charge in [0.1, 0.15) is 23.9 Å². The summed E-state index contributed by atoms with van der Waals surface area (Å²) in [6.45, 7) is 4.92. The minimum Gasteiger partial charge on any atom is -0.393 e. The fraction of sp³-hybridized carbons (Fsp3) is 1.00. The number of aliphatic hydroxyl groups is 4. The van der Waals surface area contributed by atoms with Crippen molar-refractivity contribution in [2.24, 2.45) is 5.41 Å². The van der Waals surface area contributed by atoms with E-state index in [0.717, 1.165) is 0 Å². The summed E-state index contributed by atoms with van der Waals surface area (Å²) < 4.78 is 5.36. The van der Waals surface area contributed by atoms with Gasteiger partial charge in [-0.15, -0.1) is 0 Å². The predicted octanol–water partition coefficient (Wildman–Crippen LogP) is -1.12. The molecule has 0 saturated carbocycles. The Morgan fingerprint density at radius 2 is 1.80 bits per heavy atom. The SMILES string of the molecule is CC(C)(C)[C@]1(CO)OC[C@@H](O)[C@H](O)C1O. The zero-order valence-corrected chi connectivity index (χ0v) is 9.34. The van der Waals surface area contributed by atoms with Crippen LogP contribution in [0.25, 0.3) is 0 Å². The molecule has 1 fully saturated rings. The highest BCUT2D eigenvalue weighted by Crippen LogP contribution is 2.40. The Morgan fingerprint density at radius 3 is 2.20 bits per heavy atom. The van der Waals surface area contributed by atoms with Crippen molar-refractivity contribution in [2.75, 3.05) is 13.2 Å². The Hall–Kier alpha value is -0.200. The van der Waals surface area contributed by atoms with Crippen LogP contribution in [0.1, 0.15) is 20.8 Å². The lowest BCUT2D eigenvalue weighted by atomic mass is 9.70. The maximum Gasteiger partial charge on any atom is 0.124 e. The van der Waals surface area contributed by atoms with Crippen LogP contribution in [0, 0.1) is 5.41 Å². The summed E-state index contributed by atoms with van der Waals surface area (Å²) in [5.74, 6) is 0. The van der Waals surface area contributed by atoms with Crippen molar-refractivity contribution >= 4 is 0 Å². The van der Waals surface area contributed by atoms with Crippen molar-refractivity contribution in [3.63, 3.8) is 0 Å². The number of ether oxygens (including phenoxy) is 1. The zero-order valence-electron chi connectivity index (χ0n) is 9.34. The van der Waals surface area contributed by atoms with Gasteiger partial charge in [-0.05, 0) is 5.41 Å². The summed E-state index contributed by atoms with van der Waals surface area (Å²) >= 11 is 0. The van der Waals surface area contributed by atoms with Crippen LogP contribution >= 0.6 is 0 Å². The molecular weight excluding hydrogens is 200 g/mol. The maximum absolute atomic E-state index is 9.90. The summed E-state index contributed by atoms with van der Waals surface area (Å²) in [6, 6.07) is 0. The third-order valence-electron chi connectivity index (χ3n) is 3.21. The molecule has 1 aliphatic rings. The van der Waals surface area contributed by atoms with Crippen LogP contribution < -0.4 is 0 Å². The van der Waals surface area contributed by atoms with E-state index in [2.05, 4.69) is 0 Å². The first-order valence-electron chi connectivity index (χ1n) is 5.05. The van der Waals surface area contributed by atoms with Crippen LogP contribution in [-0.2, 0) is 4.74 Å². The highest BCUT2D eigenvalue weighted by Gasteiger charge is 2.55. The molecule has 5 nitrogen and oxygen atoms in total. The van der Waals surface area contributed by atoms with Crippen molar-refractivity contribution in [3.05, 3.63) is 0 Å². The lowest BCUT2D eigenvalue weighted by molar-refractivity contribution is -0.279. The second-order valence-electron chi connectivity index (χ2n) is 5.11. The lowest BCUT2D eigenvalue weighted by Crippen LogP contribution is -2.67. The molecule has 5 heteroatoms. The highest BCUT2D eigenvalue weighted by molar-refractivity contribution is 5.04. The van der Waals surface area contributed by atoms with Crippen molar-refractivity contribution in [3.8, 4) is 0 Å². The van der Waals surface area contributed by atoms with Crippen LogP contribution in [0.5, 0.6) is 0 Å². The molecular formula is C10H20O5. The van der Waals surface area contributed by atoms with Gasteiger partial charge >= 0.3 is 0 Å². The van der Waals surface area contributed by atoms with Crippen LogP contribution in [0.4, 0.5) is 0 Å². The van der Waals surface area contributed by atoms with E-state index in [9.17, 15) is 20.4 Å². The zero-order chi connectivity index (χ0) is 11.9. The van der Waals surface area contributed by atoms with E-state index in [1.165, 1.54) is 0 Å². The quantitative estimate of drug-likeness (QED) is 0.449. The molecule has 0 aliphatic carbocycles. The van der Waals surface area contributed by atoms with Gasteiger partial charge in [0.2, 0.25) is 0 Å². The summed E-state index contributed by atoms with van der Waals surface area (Å²) in [5.41, 5.74) is -1.77. The predicted molar refractivity (Wildman–Crippen MR) is 53.2 cm³/mol. The normalized spacial score (nSPS) is 43.0. The van der Waals surface area contributed by atoms with E-state index in [4.69, 9.17) is 4.74 Å². The molecule has 90 valence electrons. The molecule has 1 unspecified atom stereocenters. The molecule has 0 radical (unpaired) electrons. The molecule has 0 amide bonds. The van der Waals surface area contributed by atoms with Crippen LogP contribution in [0.3, 0.4) is 0 Å². The highest BCUT2D eigenvalue weighted by atomic mass is 16.5.